The predicted molar refractivity (Wildman–Crippen MR) is 79.3 cm³/mol. The zero-order valence-corrected chi connectivity index (χ0v) is 12.7. The van der Waals surface area contributed by atoms with Gasteiger partial charge in [0.25, 0.3) is 0 Å². The van der Waals surface area contributed by atoms with Crippen LogP contribution in [0.4, 0.5) is 0 Å². The van der Waals surface area contributed by atoms with Crippen LogP contribution in [0.3, 0.4) is 0 Å². The van der Waals surface area contributed by atoms with Crippen molar-refractivity contribution in [1.82, 2.24) is 0 Å². The molecule has 0 heterocycles. The first-order valence-electron chi connectivity index (χ1n) is 7.30. The lowest BCUT2D eigenvalue weighted by atomic mass is 10.0. The lowest BCUT2D eigenvalue weighted by Crippen LogP contribution is -2.56. The normalized spacial score (nSPS) is 10.6. The maximum atomic E-state index is 10.6. The van der Waals surface area contributed by atoms with Crippen molar-refractivity contribution in [2.75, 3.05) is 0 Å². The largest absolute Gasteiger partial charge is 0.481 e. The van der Waals surface area contributed by atoms with E-state index in [9.17, 15) is 9.59 Å². The van der Waals surface area contributed by atoms with Crippen molar-refractivity contribution in [3.05, 3.63) is 0 Å². The first kappa shape index (κ1) is 21.2. The topological polar surface area (TPSA) is 127 Å². The highest BCUT2D eigenvalue weighted by atomic mass is 16.4. The molecule has 0 aliphatic rings. The van der Waals surface area contributed by atoms with Gasteiger partial charge in [-0.15, -0.1) is 0 Å². The number of unbranched alkanes of at least 4 members (excludes halogenated alkanes) is 6. The maximum absolute atomic E-state index is 10.6. The van der Waals surface area contributed by atoms with Crippen molar-refractivity contribution in [1.29, 1.82) is 0 Å². The molecule has 6 N–H and O–H groups in total. The van der Waals surface area contributed by atoms with Gasteiger partial charge in [0.1, 0.15) is 0 Å². The summed E-state index contributed by atoms with van der Waals surface area (Å²) in [4.78, 5) is 19.9. The second kappa shape index (κ2) is 12.9. The third kappa shape index (κ3) is 14.9. The minimum Gasteiger partial charge on any atom is -0.481 e. The SMILES string of the molecule is CCC(=O)O.CCCCCCCCCC(N)(N)C(=O)O. The number of carboxylic acid groups (broad SMARTS) is 2. The smallest absolute Gasteiger partial charge is 0.338 e. The molecule has 0 atom stereocenters. The molecule has 0 bridgehead atoms. The van der Waals surface area contributed by atoms with Gasteiger partial charge >= 0.3 is 11.9 Å². The molecule has 20 heavy (non-hydrogen) atoms. The summed E-state index contributed by atoms with van der Waals surface area (Å²) in [5, 5.41) is 16.4. The molecule has 6 nitrogen and oxygen atoms in total. The molecular weight excluding hydrogens is 260 g/mol. The van der Waals surface area contributed by atoms with Crippen molar-refractivity contribution in [2.45, 2.75) is 77.3 Å². The van der Waals surface area contributed by atoms with Crippen LogP contribution in [0.5, 0.6) is 0 Å². The van der Waals surface area contributed by atoms with E-state index in [0.29, 0.717) is 6.42 Å². The number of hydrogen-bond donors (Lipinski definition) is 4. The van der Waals surface area contributed by atoms with Crippen LogP contribution in [0.1, 0.15) is 71.6 Å². The third-order valence-electron chi connectivity index (χ3n) is 2.89. The van der Waals surface area contributed by atoms with Gasteiger partial charge in [-0.25, -0.2) is 4.79 Å². The molecule has 0 saturated carbocycles. The quantitative estimate of drug-likeness (QED) is 0.361. The number of carbonyl (C=O) groups is 2. The lowest BCUT2D eigenvalue weighted by molar-refractivity contribution is -0.143. The van der Waals surface area contributed by atoms with Gasteiger partial charge in [-0.3, -0.25) is 4.79 Å². The molecule has 0 aliphatic heterocycles. The van der Waals surface area contributed by atoms with Gasteiger partial charge in [0.2, 0.25) is 0 Å². The molecule has 0 aromatic rings. The summed E-state index contributed by atoms with van der Waals surface area (Å²) in [5.74, 6) is -1.86. The first-order valence-corrected chi connectivity index (χ1v) is 7.30. The van der Waals surface area contributed by atoms with Crippen molar-refractivity contribution >= 4 is 11.9 Å². The van der Waals surface area contributed by atoms with Crippen LogP contribution in [0.15, 0.2) is 0 Å². The summed E-state index contributed by atoms with van der Waals surface area (Å²) in [7, 11) is 0. The summed E-state index contributed by atoms with van der Waals surface area (Å²) >= 11 is 0. The fourth-order valence-electron chi connectivity index (χ4n) is 1.48. The van der Waals surface area contributed by atoms with E-state index in [0.717, 1.165) is 19.3 Å². The first-order chi connectivity index (χ1) is 9.27. The van der Waals surface area contributed by atoms with Gasteiger partial charge in [-0.1, -0.05) is 52.4 Å². The van der Waals surface area contributed by atoms with Crippen LogP contribution in [0.2, 0.25) is 0 Å². The summed E-state index contributed by atoms with van der Waals surface area (Å²) < 4.78 is 0. The zero-order chi connectivity index (χ0) is 16.0. The molecule has 0 amide bonds. The van der Waals surface area contributed by atoms with Crippen LogP contribution in [0.25, 0.3) is 0 Å². The minimum absolute atomic E-state index is 0.222. The van der Waals surface area contributed by atoms with Gasteiger partial charge in [-0.05, 0) is 12.8 Å². The Bertz CT molecular complexity index is 268. The Balaban J connectivity index is 0. The van der Waals surface area contributed by atoms with Crippen LogP contribution in [0, 0.1) is 0 Å². The van der Waals surface area contributed by atoms with Crippen molar-refractivity contribution < 1.29 is 19.8 Å². The van der Waals surface area contributed by atoms with Crippen LogP contribution in [-0.4, -0.2) is 27.8 Å². The molecular formula is C14H30N2O4. The standard InChI is InChI=1S/C11H24N2O2.C3H6O2/c1-2-3-4-5-6-7-8-9-11(12,13)10(14)15;1-2-3(4)5/h2-9,12-13H2,1H3,(H,14,15);2H2,1H3,(H,4,5). The second-order valence-electron chi connectivity index (χ2n) is 4.96. The predicted octanol–water partition coefficient (Wildman–Crippen LogP) is 2.31. The highest BCUT2D eigenvalue weighted by Crippen LogP contribution is 2.11. The monoisotopic (exact) mass is 290 g/mol. The second-order valence-corrected chi connectivity index (χ2v) is 4.96. The summed E-state index contributed by atoms with van der Waals surface area (Å²) in [6.07, 6.45) is 8.57. The van der Waals surface area contributed by atoms with Gasteiger partial charge in [0, 0.05) is 6.42 Å². The molecule has 6 heteroatoms. The maximum Gasteiger partial charge on any atom is 0.338 e. The molecule has 0 aromatic heterocycles. The van der Waals surface area contributed by atoms with E-state index in [1.54, 1.807) is 6.92 Å². The Morgan fingerprint density at radius 1 is 0.900 bits per heavy atom. The third-order valence-corrected chi connectivity index (χ3v) is 2.89. The Morgan fingerprint density at radius 2 is 1.30 bits per heavy atom. The Hall–Kier alpha value is -1.14. The highest BCUT2D eigenvalue weighted by Gasteiger charge is 2.27. The van der Waals surface area contributed by atoms with E-state index in [-0.39, 0.29) is 6.42 Å². The molecule has 0 fully saturated rings. The molecule has 0 spiro atoms. The van der Waals surface area contributed by atoms with Crippen molar-refractivity contribution in [2.24, 2.45) is 11.5 Å². The van der Waals surface area contributed by atoms with Gasteiger partial charge < -0.3 is 21.7 Å². The number of hydrogen-bond acceptors (Lipinski definition) is 4. The Kier molecular flexibility index (Phi) is 13.6. The van der Waals surface area contributed by atoms with E-state index < -0.39 is 17.6 Å². The van der Waals surface area contributed by atoms with Crippen LogP contribution >= 0.6 is 0 Å². The number of rotatable bonds is 10. The summed E-state index contributed by atoms with van der Waals surface area (Å²) in [6, 6.07) is 0. The lowest BCUT2D eigenvalue weighted by Gasteiger charge is -2.18. The van der Waals surface area contributed by atoms with Gasteiger partial charge in [-0.2, -0.15) is 0 Å². The molecule has 120 valence electrons. The molecule has 0 aromatic carbocycles. The fourth-order valence-corrected chi connectivity index (χ4v) is 1.48. The molecule has 0 rings (SSSR count). The van der Waals surface area contributed by atoms with Gasteiger partial charge in [0.05, 0.1) is 0 Å². The Morgan fingerprint density at radius 3 is 1.65 bits per heavy atom. The van der Waals surface area contributed by atoms with Crippen LogP contribution < -0.4 is 11.5 Å². The highest BCUT2D eigenvalue weighted by molar-refractivity contribution is 5.77. The molecule has 0 aliphatic carbocycles. The average molecular weight is 290 g/mol. The van der Waals surface area contributed by atoms with Crippen LogP contribution in [-0.2, 0) is 9.59 Å². The fraction of sp³-hybridized carbons (Fsp3) is 0.857. The summed E-state index contributed by atoms with van der Waals surface area (Å²) in [5.41, 5.74) is 9.26. The molecule has 0 radical (unpaired) electrons. The van der Waals surface area contributed by atoms with Gasteiger partial charge in [0.15, 0.2) is 5.66 Å². The molecule has 0 saturated heterocycles. The number of carboxylic acids is 2. The zero-order valence-electron chi connectivity index (χ0n) is 12.7. The van der Waals surface area contributed by atoms with E-state index >= 15 is 0 Å². The van der Waals surface area contributed by atoms with E-state index in [1.165, 1.54) is 25.7 Å². The van der Waals surface area contributed by atoms with Crippen molar-refractivity contribution in [3.8, 4) is 0 Å². The summed E-state index contributed by atoms with van der Waals surface area (Å²) in [6.45, 7) is 3.78. The van der Waals surface area contributed by atoms with E-state index in [4.69, 9.17) is 21.7 Å². The Labute approximate surface area is 121 Å². The number of aliphatic carboxylic acids is 2. The van der Waals surface area contributed by atoms with E-state index in [1.807, 2.05) is 0 Å². The van der Waals surface area contributed by atoms with Crippen molar-refractivity contribution in [3.63, 3.8) is 0 Å². The minimum atomic E-state index is -1.54. The molecule has 0 unspecified atom stereocenters. The number of nitrogens with two attached hydrogens (primary N) is 2. The average Bonchev–Trinajstić information content (AvgIpc) is 2.38. The van der Waals surface area contributed by atoms with E-state index in [2.05, 4.69) is 6.92 Å².